The molecule has 20 heavy (non-hydrogen) atoms. The molecule has 1 rings (SSSR count). The number of benzene rings is 1. The van der Waals surface area contributed by atoms with E-state index in [1.165, 1.54) is 0 Å². The van der Waals surface area contributed by atoms with E-state index in [0.717, 1.165) is 11.1 Å². The number of aryl methyl sites for hydroxylation is 1. The Balaban J connectivity index is 2.61. The molecule has 0 aromatic heterocycles. The zero-order chi connectivity index (χ0) is 15.3. The fourth-order valence-electron chi connectivity index (χ4n) is 1.85. The minimum atomic E-state index is -1.75. The third-order valence-electron chi connectivity index (χ3n) is 3.24. The third-order valence-corrected chi connectivity index (χ3v) is 3.24. The Bertz CT molecular complexity index is 393. The molecule has 0 amide bonds. The molecule has 0 saturated heterocycles. The smallest absolute Gasteiger partial charge is 0.111 e. The van der Waals surface area contributed by atoms with Crippen LogP contribution in [0.1, 0.15) is 11.1 Å². The van der Waals surface area contributed by atoms with E-state index in [9.17, 15) is 25.5 Å². The average Bonchev–Trinajstić information content (AvgIpc) is 2.46. The summed E-state index contributed by atoms with van der Waals surface area (Å²) in [4.78, 5) is 0. The summed E-state index contributed by atoms with van der Waals surface area (Å²) < 4.78 is 0. The molecule has 6 N–H and O–H groups in total. The Hall–Kier alpha value is -1.02. The molecule has 0 saturated carbocycles. The monoisotopic (exact) mass is 286 g/mol. The summed E-state index contributed by atoms with van der Waals surface area (Å²) >= 11 is 0. The lowest BCUT2D eigenvalue weighted by Gasteiger charge is -2.28. The number of aliphatic hydroxyl groups is 6. The molecular weight excluding hydrogens is 264 g/mol. The van der Waals surface area contributed by atoms with Crippen LogP contribution in [-0.4, -0.2) is 67.8 Å². The van der Waals surface area contributed by atoms with Crippen LogP contribution in [0.25, 0.3) is 0 Å². The molecule has 0 bridgehead atoms. The summed E-state index contributed by atoms with van der Waals surface area (Å²) in [5.74, 6) is 0. The normalized spacial score (nSPS) is 19.1. The van der Waals surface area contributed by atoms with Gasteiger partial charge in [0.25, 0.3) is 0 Å². The first-order chi connectivity index (χ1) is 9.36. The topological polar surface area (TPSA) is 121 Å². The molecule has 114 valence electrons. The second-order valence-corrected chi connectivity index (χ2v) is 4.98. The first-order valence-electron chi connectivity index (χ1n) is 6.43. The first kappa shape index (κ1) is 17.0. The SMILES string of the molecule is Cc1ccc(CC(O)[C@H](O)[C@@H](O)[C@H](O)[C@H](O)CO)cc1. The second-order valence-electron chi connectivity index (χ2n) is 4.98. The van der Waals surface area contributed by atoms with E-state index in [4.69, 9.17) is 5.11 Å². The van der Waals surface area contributed by atoms with Gasteiger partial charge in [0.15, 0.2) is 0 Å². The zero-order valence-electron chi connectivity index (χ0n) is 11.3. The molecule has 0 heterocycles. The summed E-state index contributed by atoms with van der Waals surface area (Å²) in [6.07, 6.45) is -7.90. The van der Waals surface area contributed by atoms with E-state index in [-0.39, 0.29) is 6.42 Å². The van der Waals surface area contributed by atoms with Crippen LogP contribution in [0.15, 0.2) is 24.3 Å². The van der Waals surface area contributed by atoms with Crippen LogP contribution in [-0.2, 0) is 6.42 Å². The maximum absolute atomic E-state index is 9.85. The van der Waals surface area contributed by atoms with Crippen LogP contribution >= 0.6 is 0 Å². The van der Waals surface area contributed by atoms with Gasteiger partial charge in [0, 0.05) is 6.42 Å². The van der Waals surface area contributed by atoms with Gasteiger partial charge < -0.3 is 30.6 Å². The summed E-state index contributed by atoms with van der Waals surface area (Å²) in [5.41, 5.74) is 1.83. The van der Waals surface area contributed by atoms with Crippen molar-refractivity contribution in [3.8, 4) is 0 Å². The molecule has 0 aliphatic rings. The van der Waals surface area contributed by atoms with Gasteiger partial charge in [-0.25, -0.2) is 0 Å². The number of rotatable bonds is 7. The Morgan fingerprint density at radius 2 is 1.30 bits per heavy atom. The summed E-state index contributed by atoms with van der Waals surface area (Å²) in [6.45, 7) is 1.17. The summed E-state index contributed by atoms with van der Waals surface area (Å²) in [6, 6.07) is 7.29. The molecule has 6 nitrogen and oxygen atoms in total. The maximum Gasteiger partial charge on any atom is 0.111 e. The lowest BCUT2D eigenvalue weighted by atomic mass is 9.95. The molecule has 1 aromatic carbocycles. The lowest BCUT2D eigenvalue weighted by Crippen LogP contribution is -2.50. The van der Waals surface area contributed by atoms with Crippen LogP contribution in [0.4, 0.5) is 0 Å². The van der Waals surface area contributed by atoms with Crippen LogP contribution in [0, 0.1) is 6.92 Å². The molecule has 1 unspecified atom stereocenters. The van der Waals surface area contributed by atoms with E-state index in [1.807, 2.05) is 19.1 Å². The van der Waals surface area contributed by atoms with Crippen molar-refractivity contribution in [2.45, 2.75) is 43.9 Å². The van der Waals surface area contributed by atoms with Crippen molar-refractivity contribution in [2.24, 2.45) is 0 Å². The molecule has 6 heteroatoms. The highest BCUT2D eigenvalue weighted by atomic mass is 16.4. The van der Waals surface area contributed by atoms with E-state index < -0.39 is 37.1 Å². The fourth-order valence-corrected chi connectivity index (χ4v) is 1.85. The number of hydrogen-bond donors (Lipinski definition) is 6. The standard InChI is InChI=1S/C14H22O6/c1-8-2-4-9(5-3-8)6-10(16)12(18)14(20)13(19)11(17)7-15/h2-5,10-20H,6-7H2,1H3/t10?,11-,12+,13-,14-/m1/s1. The van der Waals surface area contributed by atoms with Gasteiger partial charge in [-0.05, 0) is 12.5 Å². The third kappa shape index (κ3) is 4.52. The maximum atomic E-state index is 9.85. The zero-order valence-corrected chi connectivity index (χ0v) is 11.3. The Labute approximate surface area is 117 Å². The second kappa shape index (κ2) is 7.68. The van der Waals surface area contributed by atoms with Gasteiger partial charge in [0.2, 0.25) is 0 Å². The predicted octanol–water partition coefficient (Wildman–Crippen LogP) is -1.67. The molecule has 0 aliphatic carbocycles. The van der Waals surface area contributed by atoms with Crippen molar-refractivity contribution in [3.05, 3.63) is 35.4 Å². The quantitative estimate of drug-likeness (QED) is 0.357. The van der Waals surface area contributed by atoms with Crippen molar-refractivity contribution in [1.82, 2.24) is 0 Å². The Kier molecular flexibility index (Phi) is 6.54. The molecule has 0 aliphatic heterocycles. The van der Waals surface area contributed by atoms with Crippen molar-refractivity contribution in [2.75, 3.05) is 6.61 Å². The van der Waals surface area contributed by atoms with Crippen LogP contribution in [0.3, 0.4) is 0 Å². The molecule has 5 atom stereocenters. The van der Waals surface area contributed by atoms with E-state index in [2.05, 4.69) is 0 Å². The fraction of sp³-hybridized carbons (Fsp3) is 0.571. The van der Waals surface area contributed by atoms with Crippen molar-refractivity contribution >= 4 is 0 Å². The Morgan fingerprint density at radius 1 is 0.800 bits per heavy atom. The van der Waals surface area contributed by atoms with Crippen LogP contribution < -0.4 is 0 Å². The Morgan fingerprint density at radius 3 is 1.80 bits per heavy atom. The first-order valence-corrected chi connectivity index (χ1v) is 6.43. The van der Waals surface area contributed by atoms with Crippen molar-refractivity contribution < 1.29 is 30.6 Å². The predicted molar refractivity (Wildman–Crippen MR) is 72.0 cm³/mol. The molecule has 0 radical (unpaired) electrons. The van der Waals surface area contributed by atoms with Gasteiger partial charge >= 0.3 is 0 Å². The molecule has 0 spiro atoms. The highest BCUT2D eigenvalue weighted by molar-refractivity contribution is 5.22. The largest absolute Gasteiger partial charge is 0.394 e. The molecule has 0 fully saturated rings. The van der Waals surface area contributed by atoms with Gasteiger partial charge in [-0.2, -0.15) is 0 Å². The van der Waals surface area contributed by atoms with E-state index in [1.54, 1.807) is 12.1 Å². The molecule has 1 aromatic rings. The minimum Gasteiger partial charge on any atom is -0.394 e. The highest BCUT2D eigenvalue weighted by Crippen LogP contribution is 2.13. The van der Waals surface area contributed by atoms with Gasteiger partial charge in [-0.3, -0.25) is 0 Å². The average molecular weight is 286 g/mol. The number of hydrogen-bond acceptors (Lipinski definition) is 6. The summed E-state index contributed by atoms with van der Waals surface area (Å²) in [7, 11) is 0. The minimum absolute atomic E-state index is 0.0977. The van der Waals surface area contributed by atoms with Gasteiger partial charge in [-0.1, -0.05) is 29.8 Å². The van der Waals surface area contributed by atoms with Gasteiger partial charge in [0.1, 0.15) is 24.4 Å². The molecular formula is C14H22O6. The summed E-state index contributed by atoms with van der Waals surface area (Å²) in [5, 5.41) is 56.6. The van der Waals surface area contributed by atoms with Crippen molar-refractivity contribution in [3.63, 3.8) is 0 Å². The number of aliphatic hydroxyl groups excluding tert-OH is 6. The van der Waals surface area contributed by atoms with Gasteiger partial charge in [0.05, 0.1) is 12.7 Å². The van der Waals surface area contributed by atoms with E-state index in [0.29, 0.717) is 0 Å². The highest BCUT2D eigenvalue weighted by Gasteiger charge is 2.33. The van der Waals surface area contributed by atoms with Gasteiger partial charge in [-0.15, -0.1) is 0 Å². The van der Waals surface area contributed by atoms with Crippen molar-refractivity contribution in [1.29, 1.82) is 0 Å². The van der Waals surface area contributed by atoms with Crippen LogP contribution in [0.2, 0.25) is 0 Å². The lowest BCUT2D eigenvalue weighted by molar-refractivity contribution is -0.139. The van der Waals surface area contributed by atoms with Crippen LogP contribution in [0.5, 0.6) is 0 Å². The van der Waals surface area contributed by atoms with E-state index >= 15 is 0 Å².